The normalized spacial score (nSPS) is 10.2. The van der Waals surface area contributed by atoms with Gasteiger partial charge in [-0.1, -0.05) is 54.1 Å². The Morgan fingerprint density at radius 3 is 1.94 bits per heavy atom. The molecule has 0 heterocycles. The zero-order valence-corrected chi connectivity index (χ0v) is 10.0. The first-order chi connectivity index (χ1) is 8.29. The van der Waals surface area contributed by atoms with Gasteiger partial charge in [-0.15, -0.1) is 0 Å². The lowest BCUT2D eigenvalue weighted by Crippen LogP contribution is -1.86. The molecule has 0 saturated carbocycles. The highest BCUT2D eigenvalue weighted by Gasteiger charge is 1.98. The van der Waals surface area contributed by atoms with Crippen molar-refractivity contribution in [3.63, 3.8) is 0 Å². The molecule has 0 saturated heterocycles. The number of hydrogen-bond donors (Lipinski definition) is 0. The SMILES string of the molecule is Cc1ccc(-c2ccc(CCC=O)cc2)cc1. The molecule has 17 heavy (non-hydrogen) atoms. The van der Waals surface area contributed by atoms with Gasteiger partial charge in [-0.3, -0.25) is 0 Å². The van der Waals surface area contributed by atoms with Gasteiger partial charge < -0.3 is 4.79 Å². The highest BCUT2D eigenvalue weighted by atomic mass is 16.1. The van der Waals surface area contributed by atoms with Crippen LogP contribution in [0.4, 0.5) is 0 Å². The fraction of sp³-hybridized carbons (Fsp3) is 0.188. The van der Waals surface area contributed by atoms with Crippen molar-refractivity contribution >= 4 is 6.29 Å². The molecule has 0 aliphatic carbocycles. The molecule has 2 aromatic rings. The van der Waals surface area contributed by atoms with Crippen LogP contribution in [0.25, 0.3) is 11.1 Å². The summed E-state index contributed by atoms with van der Waals surface area (Å²) in [6.45, 7) is 2.09. The summed E-state index contributed by atoms with van der Waals surface area (Å²) in [6.07, 6.45) is 2.40. The molecule has 2 rings (SSSR count). The van der Waals surface area contributed by atoms with Gasteiger partial charge in [0.2, 0.25) is 0 Å². The highest BCUT2D eigenvalue weighted by molar-refractivity contribution is 5.64. The van der Waals surface area contributed by atoms with Gasteiger partial charge in [0.15, 0.2) is 0 Å². The summed E-state index contributed by atoms with van der Waals surface area (Å²) < 4.78 is 0. The smallest absolute Gasteiger partial charge is 0.120 e. The van der Waals surface area contributed by atoms with Crippen molar-refractivity contribution in [1.29, 1.82) is 0 Å². The molecule has 0 fully saturated rings. The molecule has 0 aliphatic heterocycles. The largest absolute Gasteiger partial charge is 0.303 e. The van der Waals surface area contributed by atoms with Crippen LogP contribution in [0, 0.1) is 6.92 Å². The Morgan fingerprint density at radius 2 is 1.41 bits per heavy atom. The quantitative estimate of drug-likeness (QED) is 0.722. The number of aryl methyl sites for hydroxylation is 2. The third-order valence-electron chi connectivity index (χ3n) is 2.89. The zero-order valence-electron chi connectivity index (χ0n) is 10.0. The Balaban J connectivity index is 2.17. The summed E-state index contributed by atoms with van der Waals surface area (Å²) in [4.78, 5) is 10.3. The van der Waals surface area contributed by atoms with Crippen LogP contribution in [0.1, 0.15) is 17.5 Å². The molecule has 0 aromatic heterocycles. The topological polar surface area (TPSA) is 17.1 Å². The third kappa shape index (κ3) is 3.04. The Bertz CT molecular complexity index is 480. The third-order valence-corrected chi connectivity index (χ3v) is 2.89. The van der Waals surface area contributed by atoms with E-state index in [4.69, 9.17) is 0 Å². The summed E-state index contributed by atoms with van der Waals surface area (Å²) in [6, 6.07) is 16.9. The lowest BCUT2D eigenvalue weighted by Gasteiger charge is -2.04. The minimum absolute atomic E-state index is 0.601. The number of benzene rings is 2. The maximum atomic E-state index is 10.3. The Morgan fingerprint density at radius 1 is 0.882 bits per heavy atom. The van der Waals surface area contributed by atoms with Crippen LogP contribution in [-0.4, -0.2) is 6.29 Å². The van der Waals surface area contributed by atoms with Gasteiger partial charge in [-0.05, 0) is 30.0 Å². The van der Waals surface area contributed by atoms with Crippen LogP contribution < -0.4 is 0 Å². The lowest BCUT2D eigenvalue weighted by molar-refractivity contribution is -0.107. The van der Waals surface area contributed by atoms with Gasteiger partial charge in [0.25, 0.3) is 0 Å². The molecule has 1 heteroatoms. The maximum absolute atomic E-state index is 10.3. The summed E-state index contributed by atoms with van der Waals surface area (Å²) in [5, 5.41) is 0. The second-order valence-electron chi connectivity index (χ2n) is 4.27. The lowest BCUT2D eigenvalue weighted by atomic mass is 10.0. The molecule has 0 amide bonds. The first-order valence-electron chi connectivity index (χ1n) is 5.89. The first-order valence-corrected chi connectivity index (χ1v) is 5.89. The summed E-state index contributed by atoms with van der Waals surface area (Å²) in [5.74, 6) is 0. The van der Waals surface area contributed by atoms with Gasteiger partial charge >= 0.3 is 0 Å². The van der Waals surface area contributed by atoms with Gasteiger partial charge in [-0.2, -0.15) is 0 Å². The molecule has 0 radical (unpaired) electrons. The molecular formula is C16H16O. The fourth-order valence-corrected chi connectivity index (χ4v) is 1.84. The number of hydrogen-bond acceptors (Lipinski definition) is 1. The van der Waals surface area contributed by atoms with E-state index in [2.05, 4.69) is 55.5 Å². The number of aldehydes is 1. The monoisotopic (exact) mass is 224 g/mol. The highest BCUT2D eigenvalue weighted by Crippen LogP contribution is 2.20. The summed E-state index contributed by atoms with van der Waals surface area (Å²) in [5.41, 5.74) is 4.95. The minimum atomic E-state index is 0.601. The van der Waals surface area contributed by atoms with Crippen molar-refractivity contribution in [3.8, 4) is 11.1 Å². The molecule has 1 nitrogen and oxygen atoms in total. The molecule has 0 atom stereocenters. The number of carbonyl (C=O) groups excluding carboxylic acids is 1. The molecular weight excluding hydrogens is 208 g/mol. The Labute approximate surface area is 102 Å². The molecule has 0 bridgehead atoms. The molecule has 0 spiro atoms. The predicted molar refractivity (Wildman–Crippen MR) is 71.0 cm³/mol. The van der Waals surface area contributed by atoms with Crippen molar-refractivity contribution < 1.29 is 4.79 Å². The van der Waals surface area contributed by atoms with Crippen LogP contribution in [-0.2, 0) is 11.2 Å². The van der Waals surface area contributed by atoms with Crippen molar-refractivity contribution in [3.05, 3.63) is 59.7 Å². The fourth-order valence-electron chi connectivity index (χ4n) is 1.84. The summed E-state index contributed by atoms with van der Waals surface area (Å²) >= 11 is 0. The van der Waals surface area contributed by atoms with Crippen molar-refractivity contribution in [2.45, 2.75) is 19.8 Å². The Hall–Kier alpha value is -1.89. The number of carbonyl (C=O) groups is 1. The second-order valence-corrected chi connectivity index (χ2v) is 4.27. The molecule has 86 valence electrons. The average molecular weight is 224 g/mol. The van der Waals surface area contributed by atoms with E-state index in [1.165, 1.54) is 22.3 Å². The zero-order chi connectivity index (χ0) is 12.1. The van der Waals surface area contributed by atoms with Gasteiger partial charge in [0, 0.05) is 6.42 Å². The molecule has 0 unspecified atom stereocenters. The number of rotatable bonds is 4. The molecule has 0 aliphatic rings. The van der Waals surface area contributed by atoms with E-state index in [0.717, 1.165) is 12.7 Å². The van der Waals surface area contributed by atoms with E-state index >= 15 is 0 Å². The maximum Gasteiger partial charge on any atom is 0.120 e. The van der Waals surface area contributed by atoms with E-state index in [0.29, 0.717) is 6.42 Å². The van der Waals surface area contributed by atoms with E-state index in [1.807, 2.05) is 0 Å². The average Bonchev–Trinajstić information content (AvgIpc) is 2.38. The van der Waals surface area contributed by atoms with Gasteiger partial charge in [0.05, 0.1) is 0 Å². The van der Waals surface area contributed by atoms with E-state index in [9.17, 15) is 4.79 Å². The van der Waals surface area contributed by atoms with E-state index in [-0.39, 0.29) is 0 Å². The summed E-state index contributed by atoms with van der Waals surface area (Å²) in [7, 11) is 0. The standard InChI is InChI=1S/C16H16O/c1-13-4-8-15(9-5-13)16-10-6-14(7-11-16)3-2-12-17/h4-12H,2-3H2,1H3. The van der Waals surface area contributed by atoms with Crippen LogP contribution >= 0.6 is 0 Å². The predicted octanol–water partition coefficient (Wildman–Crippen LogP) is 3.79. The van der Waals surface area contributed by atoms with Gasteiger partial charge in [-0.25, -0.2) is 0 Å². The first kappa shape index (κ1) is 11.6. The van der Waals surface area contributed by atoms with Crippen LogP contribution in [0.5, 0.6) is 0 Å². The van der Waals surface area contributed by atoms with Crippen LogP contribution in [0.3, 0.4) is 0 Å². The van der Waals surface area contributed by atoms with Crippen molar-refractivity contribution in [2.24, 2.45) is 0 Å². The van der Waals surface area contributed by atoms with Crippen LogP contribution in [0.15, 0.2) is 48.5 Å². The van der Waals surface area contributed by atoms with E-state index in [1.54, 1.807) is 0 Å². The van der Waals surface area contributed by atoms with Crippen molar-refractivity contribution in [2.75, 3.05) is 0 Å². The second kappa shape index (κ2) is 5.44. The van der Waals surface area contributed by atoms with E-state index < -0.39 is 0 Å². The molecule has 0 N–H and O–H groups in total. The van der Waals surface area contributed by atoms with Crippen molar-refractivity contribution in [1.82, 2.24) is 0 Å². The Kier molecular flexibility index (Phi) is 3.71. The van der Waals surface area contributed by atoms with Gasteiger partial charge in [0.1, 0.15) is 6.29 Å². The van der Waals surface area contributed by atoms with Crippen LogP contribution in [0.2, 0.25) is 0 Å². The molecule has 2 aromatic carbocycles. The minimum Gasteiger partial charge on any atom is -0.303 e.